The fraction of sp³-hybridized carbons (Fsp3) is 0.130. The van der Waals surface area contributed by atoms with E-state index < -0.39 is 0 Å². The van der Waals surface area contributed by atoms with Crippen LogP contribution in [-0.2, 0) is 6.42 Å². The fourth-order valence-corrected chi connectivity index (χ4v) is 5.90. The third-order valence-electron chi connectivity index (χ3n) is 5.21. The summed E-state index contributed by atoms with van der Waals surface area (Å²) in [6.45, 7) is 0. The maximum atomic E-state index is 3.78. The van der Waals surface area contributed by atoms with Gasteiger partial charge in [-0.3, -0.25) is 0 Å². The summed E-state index contributed by atoms with van der Waals surface area (Å²) < 4.78 is 2.62. The first-order valence-electron chi connectivity index (χ1n) is 8.67. The van der Waals surface area contributed by atoms with Crippen LogP contribution in [0.1, 0.15) is 28.3 Å². The molecule has 0 N–H and O–H groups in total. The van der Waals surface area contributed by atoms with Gasteiger partial charge in [0.15, 0.2) is 0 Å². The Kier molecular flexibility index (Phi) is 3.76. The average Bonchev–Trinajstić information content (AvgIpc) is 2.94. The second kappa shape index (κ2) is 6.12. The fourth-order valence-electron chi connectivity index (χ4n) is 4.11. The van der Waals surface area contributed by atoms with Crippen LogP contribution >= 0.6 is 27.3 Å². The van der Waals surface area contributed by atoms with Gasteiger partial charge in [-0.05, 0) is 41.7 Å². The maximum Gasteiger partial charge on any atom is 0.0352 e. The summed E-state index contributed by atoms with van der Waals surface area (Å²) in [5.41, 5.74) is 5.73. The van der Waals surface area contributed by atoms with Crippen LogP contribution in [0.25, 0.3) is 21.2 Å². The Hall–Kier alpha value is -1.90. The summed E-state index contributed by atoms with van der Waals surface area (Å²) in [6, 6.07) is 26.5. The molecule has 1 heterocycles. The number of hydrogen-bond donors (Lipinski definition) is 0. The molecule has 0 saturated carbocycles. The van der Waals surface area contributed by atoms with Crippen LogP contribution in [0.3, 0.4) is 0 Å². The number of aryl methyl sites for hydroxylation is 1. The molecule has 0 aliphatic heterocycles. The molecule has 0 fully saturated rings. The normalized spacial score (nSPS) is 16.3. The smallest absolute Gasteiger partial charge is 0.0352 e. The first kappa shape index (κ1) is 15.4. The molecule has 1 aliphatic carbocycles. The minimum Gasteiger partial charge on any atom is -0.140 e. The SMILES string of the molecule is Brc1ccccc1C1CCc2sc3ccccc3c2-c2ccccc21. The first-order chi connectivity index (χ1) is 12.3. The van der Waals surface area contributed by atoms with Gasteiger partial charge in [-0.1, -0.05) is 76.6 Å². The Labute approximate surface area is 160 Å². The van der Waals surface area contributed by atoms with Gasteiger partial charge in [0, 0.05) is 30.9 Å². The minimum absolute atomic E-state index is 0.435. The highest BCUT2D eigenvalue weighted by Gasteiger charge is 2.26. The van der Waals surface area contributed by atoms with Crippen LogP contribution in [0.2, 0.25) is 0 Å². The van der Waals surface area contributed by atoms with Crippen molar-refractivity contribution in [3.05, 3.63) is 93.3 Å². The lowest BCUT2D eigenvalue weighted by Crippen LogP contribution is -2.03. The third-order valence-corrected chi connectivity index (χ3v) is 7.17. The highest BCUT2D eigenvalue weighted by atomic mass is 79.9. The molecule has 0 saturated heterocycles. The zero-order chi connectivity index (χ0) is 16.8. The zero-order valence-corrected chi connectivity index (χ0v) is 16.1. The Morgan fingerprint density at radius 1 is 0.800 bits per heavy atom. The number of rotatable bonds is 1. The predicted octanol–water partition coefficient (Wildman–Crippen LogP) is 7.41. The van der Waals surface area contributed by atoms with Crippen molar-refractivity contribution in [1.82, 2.24) is 0 Å². The Morgan fingerprint density at radius 3 is 2.40 bits per heavy atom. The van der Waals surface area contributed by atoms with E-state index in [1.807, 2.05) is 11.3 Å². The van der Waals surface area contributed by atoms with Gasteiger partial charge < -0.3 is 0 Å². The van der Waals surface area contributed by atoms with E-state index in [4.69, 9.17) is 0 Å². The summed E-state index contributed by atoms with van der Waals surface area (Å²) >= 11 is 5.74. The van der Waals surface area contributed by atoms with E-state index in [1.54, 1.807) is 0 Å². The highest BCUT2D eigenvalue weighted by molar-refractivity contribution is 9.10. The molecule has 1 aliphatic rings. The van der Waals surface area contributed by atoms with Gasteiger partial charge in [-0.15, -0.1) is 11.3 Å². The van der Waals surface area contributed by atoms with Gasteiger partial charge in [0.25, 0.3) is 0 Å². The van der Waals surface area contributed by atoms with Crippen molar-refractivity contribution in [2.24, 2.45) is 0 Å². The van der Waals surface area contributed by atoms with Crippen molar-refractivity contribution in [1.29, 1.82) is 0 Å². The van der Waals surface area contributed by atoms with Gasteiger partial charge in [-0.25, -0.2) is 0 Å². The molecule has 0 radical (unpaired) electrons. The Bertz CT molecular complexity index is 1080. The minimum atomic E-state index is 0.435. The van der Waals surface area contributed by atoms with E-state index in [1.165, 1.54) is 41.7 Å². The summed E-state index contributed by atoms with van der Waals surface area (Å²) in [7, 11) is 0. The van der Waals surface area contributed by atoms with Crippen molar-refractivity contribution < 1.29 is 0 Å². The summed E-state index contributed by atoms with van der Waals surface area (Å²) in [5, 5.41) is 1.41. The number of thiophene rings is 1. The molecule has 1 unspecified atom stereocenters. The van der Waals surface area contributed by atoms with Crippen LogP contribution < -0.4 is 0 Å². The number of hydrogen-bond acceptors (Lipinski definition) is 1. The zero-order valence-electron chi connectivity index (χ0n) is 13.7. The molecule has 0 spiro atoms. The van der Waals surface area contributed by atoms with Crippen molar-refractivity contribution >= 4 is 37.4 Å². The molecule has 5 rings (SSSR count). The maximum absolute atomic E-state index is 3.78. The topological polar surface area (TPSA) is 0 Å². The molecule has 1 atom stereocenters. The lowest BCUT2D eigenvalue weighted by molar-refractivity contribution is 0.728. The predicted molar refractivity (Wildman–Crippen MR) is 112 cm³/mol. The Morgan fingerprint density at radius 2 is 1.52 bits per heavy atom. The summed E-state index contributed by atoms with van der Waals surface area (Å²) in [6.07, 6.45) is 2.29. The van der Waals surface area contributed by atoms with Crippen molar-refractivity contribution in [2.75, 3.05) is 0 Å². The average molecular weight is 405 g/mol. The second-order valence-electron chi connectivity index (χ2n) is 6.60. The lowest BCUT2D eigenvalue weighted by atomic mass is 9.85. The van der Waals surface area contributed by atoms with E-state index in [0.29, 0.717) is 5.92 Å². The van der Waals surface area contributed by atoms with Gasteiger partial charge in [0.2, 0.25) is 0 Å². The quantitative estimate of drug-likeness (QED) is 0.309. The number of halogens is 1. The van der Waals surface area contributed by atoms with Crippen molar-refractivity contribution in [3.63, 3.8) is 0 Å². The number of benzene rings is 3. The molecule has 1 aromatic heterocycles. The molecule has 4 aromatic rings. The number of fused-ring (bicyclic) bond motifs is 5. The molecule has 0 amide bonds. The van der Waals surface area contributed by atoms with Crippen LogP contribution in [0, 0.1) is 0 Å². The van der Waals surface area contributed by atoms with Gasteiger partial charge in [-0.2, -0.15) is 0 Å². The standard InChI is InChI=1S/C23H17BrS/c24-20-11-5-3-8-17(20)16-13-14-22-23(18-9-2-1-7-15(16)18)19-10-4-6-12-21(19)25-22/h1-12,16H,13-14H2. The van der Waals surface area contributed by atoms with Crippen molar-refractivity contribution in [3.8, 4) is 11.1 Å². The molecule has 25 heavy (non-hydrogen) atoms. The highest BCUT2D eigenvalue weighted by Crippen LogP contribution is 2.48. The van der Waals surface area contributed by atoms with Crippen LogP contribution in [0.5, 0.6) is 0 Å². The molecule has 0 nitrogen and oxygen atoms in total. The first-order valence-corrected chi connectivity index (χ1v) is 10.3. The van der Waals surface area contributed by atoms with E-state index in [-0.39, 0.29) is 0 Å². The van der Waals surface area contributed by atoms with E-state index in [9.17, 15) is 0 Å². The monoisotopic (exact) mass is 404 g/mol. The molecular weight excluding hydrogens is 388 g/mol. The molecule has 122 valence electrons. The molecule has 0 bridgehead atoms. The summed E-state index contributed by atoms with van der Waals surface area (Å²) in [5.74, 6) is 0.435. The molecular formula is C23H17BrS. The summed E-state index contributed by atoms with van der Waals surface area (Å²) in [4.78, 5) is 1.53. The van der Waals surface area contributed by atoms with Crippen molar-refractivity contribution in [2.45, 2.75) is 18.8 Å². The Balaban J connectivity index is 1.78. The van der Waals surface area contributed by atoms with E-state index in [0.717, 1.165) is 12.8 Å². The van der Waals surface area contributed by atoms with Crippen LogP contribution in [0.4, 0.5) is 0 Å². The van der Waals surface area contributed by atoms with Gasteiger partial charge in [0.05, 0.1) is 0 Å². The molecule has 2 heteroatoms. The van der Waals surface area contributed by atoms with Crippen LogP contribution in [0.15, 0.2) is 77.3 Å². The van der Waals surface area contributed by atoms with Crippen LogP contribution in [-0.4, -0.2) is 0 Å². The van der Waals surface area contributed by atoms with E-state index >= 15 is 0 Å². The third kappa shape index (κ3) is 2.47. The van der Waals surface area contributed by atoms with E-state index in [2.05, 4.69) is 88.7 Å². The van der Waals surface area contributed by atoms with Gasteiger partial charge in [0.1, 0.15) is 0 Å². The van der Waals surface area contributed by atoms with Gasteiger partial charge >= 0.3 is 0 Å². The lowest BCUT2D eigenvalue weighted by Gasteiger charge is -2.20. The molecule has 3 aromatic carbocycles. The second-order valence-corrected chi connectivity index (χ2v) is 8.59. The largest absolute Gasteiger partial charge is 0.140 e.